The second kappa shape index (κ2) is 9.93. The summed E-state index contributed by atoms with van der Waals surface area (Å²) in [6.07, 6.45) is 0.0597. The van der Waals surface area contributed by atoms with Gasteiger partial charge in [0.15, 0.2) is 0 Å². The smallest absolute Gasteiger partial charge is 0.329 e. The number of H-pyrrole nitrogens is 1. The Hall–Kier alpha value is -3.91. The van der Waals surface area contributed by atoms with Crippen molar-refractivity contribution in [2.75, 3.05) is 0 Å². The van der Waals surface area contributed by atoms with Crippen molar-refractivity contribution in [2.45, 2.75) is 32.9 Å². The molecule has 0 aliphatic heterocycles. The van der Waals surface area contributed by atoms with Gasteiger partial charge in [0, 0.05) is 34.0 Å². The lowest BCUT2D eigenvalue weighted by Gasteiger charge is -2.19. The van der Waals surface area contributed by atoms with E-state index in [1.165, 1.54) is 6.07 Å². The van der Waals surface area contributed by atoms with Crippen LogP contribution in [0.4, 0.5) is 0 Å². The first-order chi connectivity index (χ1) is 16.3. The largest absolute Gasteiger partial charge is 0.459 e. The molecule has 1 atom stereocenters. The van der Waals surface area contributed by atoms with Crippen molar-refractivity contribution in [1.82, 2.24) is 15.5 Å². The molecule has 0 radical (unpaired) electrons. The number of ether oxygens (including phenoxy) is 1. The quantitative estimate of drug-likeness (QED) is 0.389. The predicted octanol–water partition coefficient (Wildman–Crippen LogP) is 3.87. The molecule has 4 aromatic rings. The van der Waals surface area contributed by atoms with Crippen LogP contribution in [0, 0.1) is 13.8 Å². The molecule has 4 rings (SSSR count). The molecule has 1 amide bonds. The fourth-order valence-corrected chi connectivity index (χ4v) is 3.78. The number of aryl methyl sites for hydroxylation is 2. The number of esters is 1. The van der Waals surface area contributed by atoms with Crippen LogP contribution in [0.15, 0.2) is 63.9 Å². The number of amides is 1. The first kappa shape index (κ1) is 23.3. The highest BCUT2D eigenvalue weighted by molar-refractivity contribution is 6.30. The molecule has 1 unspecified atom stereocenters. The van der Waals surface area contributed by atoms with Crippen molar-refractivity contribution in [3.05, 3.63) is 98.1 Å². The summed E-state index contributed by atoms with van der Waals surface area (Å²) >= 11 is 5.91. The molecule has 0 saturated carbocycles. The topological polar surface area (TPSA) is 114 Å². The van der Waals surface area contributed by atoms with Crippen LogP contribution in [0.1, 0.15) is 32.9 Å². The van der Waals surface area contributed by atoms with Crippen LogP contribution in [0.3, 0.4) is 0 Å². The summed E-state index contributed by atoms with van der Waals surface area (Å²) < 4.78 is 10.6. The maximum Gasteiger partial charge on any atom is 0.329 e. The third-order valence-corrected chi connectivity index (χ3v) is 5.75. The highest BCUT2D eigenvalue weighted by atomic mass is 35.5. The minimum Gasteiger partial charge on any atom is -0.459 e. The second-order valence-corrected chi connectivity index (χ2v) is 8.29. The molecule has 2 aromatic heterocycles. The van der Waals surface area contributed by atoms with Crippen LogP contribution in [0.5, 0.6) is 0 Å². The first-order valence-corrected chi connectivity index (χ1v) is 11.0. The van der Waals surface area contributed by atoms with E-state index < -0.39 is 17.9 Å². The number of nitrogens with one attached hydrogen (secondary N) is 2. The molecule has 2 aromatic carbocycles. The van der Waals surface area contributed by atoms with Crippen molar-refractivity contribution in [1.29, 1.82) is 0 Å². The number of aromatic amines is 1. The first-order valence-electron chi connectivity index (χ1n) is 10.6. The summed E-state index contributed by atoms with van der Waals surface area (Å²) in [7, 11) is 0. The zero-order chi connectivity index (χ0) is 24.2. The molecule has 8 nitrogen and oxygen atoms in total. The van der Waals surface area contributed by atoms with Gasteiger partial charge >= 0.3 is 5.97 Å². The maximum absolute atomic E-state index is 13.1. The van der Waals surface area contributed by atoms with Crippen LogP contribution in [0.2, 0.25) is 5.02 Å². The average Bonchev–Trinajstić information content (AvgIpc) is 3.14. The Morgan fingerprint density at radius 1 is 1.15 bits per heavy atom. The predicted molar refractivity (Wildman–Crippen MR) is 127 cm³/mol. The van der Waals surface area contributed by atoms with E-state index in [0.717, 1.165) is 5.39 Å². The number of rotatable bonds is 7. The zero-order valence-corrected chi connectivity index (χ0v) is 19.3. The van der Waals surface area contributed by atoms with Crippen molar-refractivity contribution in [3.8, 4) is 0 Å². The highest BCUT2D eigenvalue weighted by Gasteiger charge is 2.25. The Morgan fingerprint density at radius 2 is 1.88 bits per heavy atom. The van der Waals surface area contributed by atoms with E-state index >= 15 is 0 Å². The molecular weight excluding hydrogens is 458 g/mol. The summed E-state index contributed by atoms with van der Waals surface area (Å²) in [5.41, 5.74) is 2.56. The third-order valence-electron chi connectivity index (χ3n) is 5.50. The molecule has 34 heavy (non-hydrogen) atoms. The summed E-state index contributed by atoms with van der Waals surface area (Å²) in [4.78, 5) is 41.0. The SMILES string of the molecule is Cc1noc(C)c1COC(=O)C(Cc1cc(=O)[nH]c2ccccc12)NC(=O)c1ccc(Cl)cc1. The van der Waals surface area contributed by atoms with Gasteiger partial charge in [0.25, 0.3) is 5.91 Å². The molecule has 0 aliphatic rings. The van der Waals surface area contributed by atoms with Gasteiger partial charge in [-0.1, -0.05) is 35.0 Å². The normalized spacial score (nSPS) is 11.9. The van der Waals surface area contributed by atoms with Crippen LogP contribution >= 0.6 is 11.6 Å². The Balaban J connectivity index is 1.62. The van der Waals surface area contributed by atoms with Crippen LogP contribution in [-0.2, 0) is 22.6 Å². The minimum atomic E-state index is -1.05. The molecule has 0 bridgehead atoms. The van der Waals surface area contributed by atoms with E-state index in [-0.39, 0.29) is 18.6 Å². The number of halogens is 1. The lowest BCUT2D eigenvalue weighted by molar-refractivity contribution is -0.147. The van der Waals surface area contributed by atoms with Gasteiger partial charge < -0.3 is 19.6 Å². The number of carbonyl (C=O) groups excluding carboxylic acids is 2. The molecule has 0 spiro atoms. The van der Waals surface area contributed by atoms with Gasteiger partial charge in [0.2, 0.25) is 5.56 Å². The number of hydrogen-bond acceptors (Lipinski definition) is 6. The standard InChI is InChI=1S/C25H22ClN3O5/c1-14-20(15(2)34-29-14)13-33-25(32)22(28-24(31)16-7-9-18(26)10-8-16)11-17-12-23(30)27-21-6-4-3-5-19(17)21/h3-10,12,22H,11,13H2,1-2H3,(H,27,30)(H,28,31). The van der Waals surface area contributed by atoms with Crippen LogP contribution in [-0.4, -0.2) is 28.1 Å². The van der Waals surface area contributed by atoms with E-state index in [1.54, 1.807) is 50.2 Å². The number of nitrogens with zero attached hydrogens (tertiary/aromatic N) is 1. The molecule has 9 heteroatoms. The fourth-order valence-electron chi connectivity index (χ4n) is 3.65. The van der Waals surface area contributed by atoms with Gasteiger partial charge in [0.05, 0.1) is 11.3 Å². The molecule has 174 valence electrons. The summed E-state index contributed by atoms with van der Waals surface area (Å²) in [6.45, 7) is 3.43. The number of benzene rings is 2. The monoisotopic (exact) mass is 479 g/mol. The minimum absolute atomic E-state index is 0.0521. The van der Waals surface area contributed by atoms with Gasteiger partial charge in [-0.2, -0.15) is 0 Å². The molecule has 0 saturated heterocycles. The second-order valence-electron chi connectivity index (χ2n) is 7.85. The number of aromatic nitrogens is 2. The number of hydrogen-bond donors (Lipinski definition) is 2. The number of para-hydroxylation sites is 1. The van der Waals surface area contributed by atoms with Crippen molar-refractivity contribution < 1.29 is 18.8 Å². The number of pyridine rings is 1. The molecular formula is C25H22ClN3O5. The summed E-state index contributed by atoms with van der Waals surface area (Å²) in [5, 5.41) is 7.86. The zero-order valence-electron chi connectivity index (χ0n) is 18.6. The number of carbonyl (C=O) groups is 2. The van der Waals surface area contributed by atoms with E-state index in [9.17, 15) is 14.4 Å². The van der Waals surface area contributed by atoms with Crippen molar-refractivity contribution >= 4 is 34.4 Å². The van der Waals surface area contributed by atoms with E-state index in [2.05, 4.69) is 15.5 Å². The van der Waals surface area contributed by atoms with Crippen LogP contribution in [0.25, 0.3) is 10.9 Å². The third kappa shape index (κ3) is 5.18. The average molecular weight is 480 g/mol. The Bertz CT molecular complexity index is 1390. The Kier molecular flexibility index (Phi) is 6.79. The lowest BCUT2D eigenvalue weighted by atomic mass is 10.0. The van der Waals surface area contributed by atoms with Gasteiger partial charge in [-0.15, -0.1) is 0 Å². The van der Waals surface area contributed by atoms with Crippen molar-refractivity contribution in [3.63, 3.8) is 0 Å². The molecule has 2 heterocycles. The molecule has 2 N–H and O–H groups in total. The Labute approximate surface area is 199 Å². The summed E-state index contributed by atoms with van der Waals surface area (Å²) in [6, 6.07) is 13.9. The van der Waals surface area contributed by atoms with Crippen molar-refractivity contribution in [2.24, 2.45) is 0 Å². The number of fused-ring (bicyclic) bond motifs is 1. The van der Waals surface area contributed by atoms with Gasteiger partial charge in [-0.3, -0.25) is 9.59 Å². The summed E-state index contributed by atoms with van der Waals surface area (Å²) in [5.74, 6) is -0.565. The van der Waals surface area contributed by atoms with E-state index in [4.69, 9.17) is 20.9 Å². The molecule has 0 fully saturated rings. The lowest BCUT2D eigenvalue weighted by Crippen LogP contribution is -2.43. The van der Waals surface area contributed by atoms with Gasteiger partial charge in [-0.05, 0) is 49.7 Å². The van der Waals surface area contributed by atoms with E-state index in [0.29, 0.717) is 38.7 Å². The van der Waals surface area contributed by atoms with Crippen LogP contribution < -0.4 is 10.9 Å². The molecule has 0 aliphatic carbocycles. The van der Waals surface area contributed by atoms with Gasteiger partial charge in [-0.25, -0.2) is 4.79 Å². The highest BCUT2D eigenvalue weighted by Crippen LogP contribution is 2.18. The Morgan fingerprint density at radius 3 is 2.59 bits per heavy atom. The van der Waals surface area contributed by atoms with E-state index in [1.807, 2.05) is 12.1 Å². The maximum atomic E-state index is 13.1. The fraction of sp³-hybridized carbons (Fsp3) is 0.200. The van der Waals surface area contributed by atoms with Gasteiger partial charge in [0.1, 0.15) is 18.4 Å².